The minimum Gasteiger partial charge on any atom is -0.358 e. The summed E-state index contributed by atoms with van der Waals surface area (Å²) in [7, 11) is 0. The molecule has 1 atom stereocenters. The fourth-order valence-electron chi connectivity index (χ4n) is 6.56. The summed E-state index contributed by atoms with van der Waals surface area (Å²) in [6, 6.07) is 21.2. The van der Waals surface area contributed by atoms with Gasteiger partial charge >= 0.3 is 0 Å². The number of carbonyl (C=O) groups is 4. The molecule has 0 radical (unpaired) electrons. The van der Waals surface area contributed by atoms with Crippen LogP contribution in [0.4, 0.5) is 21.5 Å². The summed E-state index contributed by atoms with van der Waals surface area (Å²) in [5.41, 5.74) is 4.90. The first kappa shape index (κ1) is 28.2. The Morgan fingerprint density at radius 1 is 0.911 bits per heavy atom. The van der Waals surface area contributed by atoms with Crippen LogP contribution in [0.1, 0.15) is 39.9 Å². The molecule has 0 spiro atoms. The summed E-state index contributed by atoms with van der Waals surface area (Å²) in [4.78, 5) is 58.9. The monoisotopic (exact) mass is 601 g/mol. The number of anilines is 2. The standard InChI is InChI=1S/C35H28FN5O4/c1-37-24-10-12-28(27(36)18-24)39-15-16-40(32(43)20-39)19-22-7-5-21(6-8-22)17-23-9-11-29-33-25(23)3-2-4-26(33)35(45)41(29)30-13-14-31(42)38-34(30)44/h2-12,18,30H,13-17,19-20H2,(H,38,42,44). The lowest BCUT2D eigenvalue weighted by Gasteiger charge is -2.36. The number of hydrogen-bond donors (Lipinski definition) is 1. The number of nitrogens with zero attached hydrogens (tertiary/aromatic N) is 4. The van der Waals surface area contributed by atoms with Crippen LogP contribution in [0.2, 0.25) is 0 Å². The van der Waals surface area contributed by atoms with Gasteiger partial charge in [0, 0.05) is 37.0 Å². The number of halogens is 1. The van der Waals surface area contributed by atoms with Gasteiger partial charge in [0.05, 0.1) is 24.5 Å². The lowest BCUT2D eigenvalue weighted by molar-refractivity contribution is -0.134. The molecule has 0 saturated carbocycles. The van der Waals surface area contributed by atoms with Crippen molar-refractivity contribution in [3.63, 3.8) is 0 Å². The maximum atomic E-state index is 14.5. The topological polar surface area (TPSA) is 94.4 Å². The lowest BCUT2D eigenvalue weighted by Crippen LogP contribution is -2.53. The van der Waals surface area contributed by atoms with Gasteiger partial charge in [-0.3, -0.25) is 29.4 Å². The van der Waals surface area contributed by atoms with Crippen LogP contribution in [0.15, 0.2) is 72.8 Å². The molecule has 0 aromatic heterocycles. The maximum absolute atomic E-state index is 14.5. The molecular formula is C35H28FN5O4. The van der Waals surface area contributed by atoms with Gasteiger partial charge in [0.15, 0.2) is 5.69 Å². The van der Waals surface area contributed by atoms with Gasteiger partial charge in [-0.15, -0.1) is 0 Å². The van der Waals surface area contributed by atoms with Crippen molar-refractivity contribution in [1.82, 2.24) is 10.2 Å². The van der Waals surface area contributed by atoms with Gasteiger partial charge in [-0.1, -0.05) is 48.5 Å². The van der Waals surface area contributed by atoms with Crippen LogP contribution in [0, 0.1) is 12.4 Å². The SMILES string of the molecule is [C-]#[N+]c1ccc(N2CCN(Cc3ccc(Cc4ccc5c6c(cccc46)C(=O)N5C4CCC(=O)NC4=O)cc3)C(=O)C2)c(F)c1. The smallest absolute Gasteiger partial charge is 0.259 e. The van der Waals surface area contributed by atoms with Gasteiger partial charge in [0.25, 0.3) is 5.91 Å². The van der Waals surface area contributed by atoms with E-state index in [1.54, 1.807) is 28.0 Å². The lowest BCUT2D eigenvalue weighted by atomic mass is 9.95. The van der Waals surface area contributed by atoms with Crippen molar-refractivity contribution < 1.29 is 23.6 Å². The van der Waals surface area contributed by atoms with Crippen molar-refractivity contribution in [3.8, 4) is 0 Å². The van der Waals surface area contributed by atoms with Crippen molar-refractivity contribution in [2.45, 2.75) is 31.8 Å². The molecule has 224 valence electrons. The van der Waals surface area contributed by atoms with E-state index in [1.165, 1.54) is 11.0 Å². The number of piperazine rings is 1. The van der Waals surface area contributed by atoms with E-state index in [-0.39, 0.29) is 42.8 Å². The minimum absolute atomic E-state index is 0.0703. The number of imide groups is 1. The second-order valence-electron chi connectivity index (χ2n) is 11.6. The maximum Gasteiger partial charge on any atom is 0.259 e. The molecule has 4 aromatic carbocycles. The van der Waals surface area contributed by atoms with Gasteiger partial charge in [0.1, 0.15) is 11.9 Å². The summed E-state index contributed by atoms with van der Waals surface area (Å²) in [5, 5.41) is 4.12. The number of hydrogen-bond acceptors (Lipinski definition) is 5. The second-order valence-corrected chi connectivity index (χ2v) is 11.6. The molecule has 0 bridgehead atoms. The fourth-order valence-corrected chi connectivity index (χ4v) is 6.56. The highest BCUT2D eigenvalue weighted by Crippen LogP contribution is 2.41. The van der Waals surface area contributed by atoms with Crippen molar-refractivity contribution in [2.24, 2.45) is 0 Å². The molecule has 9 nitrogen and oxygen atoms in total. The van der Waals surface area contributed by atoms with E-state index in [2.05, 4.69) is 10.2 Å². The molecule has 7 rings (SSSR count). The average Bonchev–Trinajstić information content (AvgIpc) is 3.32. The summed E-state index contributed by atoms with van der Waals surface area (Å²) < 4.78 is 14.5. The van der Waals surface area contributed by atoms with E-state index in [0.29, 0.717) is 43.0 Å². The van der Waals surface area contributed by atoms with Crippen LogP contribution in [-0.2, 0) is 27.3 Å². The highest BCUT2D eigenvalue weighted by Gasteiger charge is 2.40. The Balaban J connectivity index is 1.04. The van der Waals surface area contributed by atoms with Crippen molar-refractivity contribution >= 4 is 51.5 Å². The number of rotatable bonds is 6. The van der Waals surface area contributed by atoms with Gasteiger partial charge in [0.2, 0.25) is 17.7 Å². The van der Waals surface area contributed by atoms with Crippen molar-refractivity contribution in [1.29, 1.82) is 0 Å². The zero-order chi connectivity index (χ0) is 31.2. The number of amides is 4. The molecule has 3 aliphatic rings. The van der Waals surface area contributed by atoms with Crippen LogP contribution in [0.3, 0.4) is 0 Å². The number of nitrogens with one attached hydrogen (secondary N) is 1. The summed E-state index contributed by atoms with van der Waals surface area (Å²) in [6.45, 7) is 8.52. The fraction of sp³-hybridized carbons (Fsp3) is 0.229. The normalized spacial score (nSPS) is 18.0. The van der Waals surface area contributed by atoms with Gasteiger partial charge in [-0.05, 0) is 59.2 Å². The van der Waals surface area contributed by atoms with Crippen LogP contribution < -0.4 is 15.1 Å². The Kier molecular flexibility index (Phi) is 7.01. The zero-order valence-corrected chi connectivity index (χ0v) is 24.3. The summed E-state index contributed by atoms with van der Waals surface area (Å²) in [6.07, 6.45) is 1.11. The molecule has 1 unspecified atom stereocenters. The molecule has 2 saturated heterocycles. The van der Waals surface area contributed by atoms with E-state index < -0.39 is 17.8 Å². The van der Waals surface area contributed by atoms with Gasteiger partial charge in [-0.25, -0.2) is 9.24 Å². The Labute approximate surface area is 258 Å². The molecule has 3 aliphatic heterocycles. The highest BCUT2D eigenvalue weighted by atomic mass is 19.1. The molecule has 3 heterocycles. The average molecular weight is 602 g/mol. The van der Waals surface area contributed by atoms with Gasteiger partial charge in [-0.2, -0.15) is 0 Å². The van der Waals surface area contributed by atoms with Crippen molar-refractivity contribution in [2.75, 3.05) is 29.4 Å². The minimum atomic E-state index is -0.725. The third-order valence-electron chi connectivity index (χ3n) is 8.85. The van der Waals surface area contributed by atoms with E-state index in [0.717, 1.165) is 27.5 Å². The van der Waals surface area contributed by atoms with E-state index >= 15 is 0 Å². The Morgan fingerprint density at radius 2 is 1.69 bits per heavy atom. The number of benzene rings is 4. The first-order chi connectivity index (χ1) is 21.8. The molecule has 0 aliphatic carbocycles. The van der Waals surface area contributed by atoms with E-state index in [4.69, 9.17) is 6.57 Å². The van der Waals surface area contributed by atoms with E-state index in [9.17, 15) is 23.6 Å². The largest absolute Gasteiger partial charge is 0.358 e. The molecule has 4 aromatic rings. The van der Waals surface area contributed by atoms with Crippen LogP contribution in [-0.4, -0.2) is 54.2 Å². The van der Waals surface area contributed by atoms with Crippen LogP contribution in [0.25, 0.3) is 15.6 Å². The van der Waals surface area contributed by atoms with Gasteiger partial charge < -0.3 is 9.80 Å². The Bertz CT molecular complexity index is 1950. The first-order valence-electron chi connectivity index (χ1n) is 14.8. The quantitative estimate of drug-likeness (QED) is 0.255. The predicted molar refractivity (Wildman–Crippen MR) is 166 cm³/mol. The highest BCUT2D eigenvalue weighted by molar-refractivity contribution is 6.27. The van der Waals surface area contributed by atoms with Crippen LogP contribution >= 0.6 is 0 Å². The molecule has 1 N–H and O–H groups in total. The molecular weight excluding hydrogens is 573 g/mol. The second kappa shape index (κ2) is 11.2. The molecule has 10 heteroatoms. The first-order valence-corrected chi connectivity index (χ1v) is 14.8. The third-order valence-corrected chi connectivity index (χ3v) is 8.85. The van der Waals surface area contributed by atoms with E-state index in [1.807, 2.05) is 48.5 Å². The number of piperidine rings is 1. The third kappa shape index (κ3) is 5.06. The summed E-state index contributed by atoms with van der Waals surface area (Å²) >= 11 is 0. The van der Waals surface area contributed by atoms with Crippen LogP contribution in [0.5, 0.6) is 0 Å². The van der Waals surface area contributed by atoms with Crippen molar-refractivity contribution in [3.05, 3.63) is 112 Å². The Hall–Kier alpha value is -5.56. The Morgan fingerprint density at radius 3 is 2.42 bits per heavy atom. The summed E-state index contributed by atoms with van der Waals surface area (Å²) in [5.74, 6) is -1.59. The molecule has 2 fully saturated rings. The number of carbonyl (C=O) groups excluding carboxylic acids is 4. The predicted octanol–water partition coefficient (Wildman–Crippen LogP) is 4.73. The zero-order valence-electron chi connectivity index (χ0n) is 24.3. The molecule has 45 heavy (non-hydrogen) atoms. The molecule has 4 amide bonds.